The summed E-state index contributed by atoms with van der Waals surface area (Å²) in [5, 5.41) is 9.14. The van der Waals surface area contributed by atoms with Crippen molar-refractivity contribution in [2.24, 2.45) is 0 Å². The number of aliphatic hydroxyl groups excluding tert-OH is 1. The third-order valence-electron chi connectivity index (χ3n) is 3.33. The molecule has 1 heterocycles. The summed E-state index contributed by atoms with van der Waals surface area (Å²) in [7, 11) is 1.34. The van der Waals surface area contributed by atoms with Crippen molar-refractivity contribution in [3.63, 3.8) is 0 Å². The number of rotatable bonds is 5. The Bertz CT molecular complexity index is 418. The van der Waals surface area contributed by atoms with Gasteiger partial charge in [-0.15, -0.1) is 0 Å². The van der Waals surface area contributed by atoms with Crippen LogP contribution in [0.1, 0.15) is 29.8 Å². The number of pyridine rings is 1. The zero-order valence-electron chi connectivity index (χ0n) is 10.5. The molecule has 1 aromatic rings. The molecule has 5 heteroatoms. The fourth-order valence-electron chi connectivity index (χ4n) is 2.14. The Hall–Kier alpha value is -1.62. The van der Waals surface area contributed by atoms with Crippen LogP contribution in [0.4, 0.5) is 5.69 Å². The number of carbonyl (C=O) groups excluding carboxylic acids is 1. The average molecular weight is 250 g/mol. The van der Waals surface area contributed by atoms with Crippen molar-refractivity contribution < 1.29 is 14.6 Å². The third kappa shape index (κ3) is 2.61. The molecule has 5 nitrogen and oxygen atoms in total. The van der Waals surface area contributed by atoms with Crippen LogP contribution in [0.15, 0.2) is 18.3 Å². The van der Waals surface area contributed by atoms with Gasteiger partial charge in [-0.1, -0.05) is 0 Å². The number of esters is 1. The van der Waals surface area contributed by atoms with E-state index in [0.717, 1.165) is 18.5 Å². The molecule has 0 atom stereocenters. The van der Waals surface area contributed by atoms with Gasteiger partial charge in [0, 0.05) is 24.5 Å². The standard InChI is InChI=1S/C13H18N2O3/c1-18-13(17)12-9-11(5-6-14-12)15(7-8-16)10-3-2-4-10/h5-6,9-10,16H,2-4,7-8H2,1H3. The lowest BCUT2D eigenvalue weighted by molar-refractivity contribution is 0.0594. The smallest absolute Gasteiger partial charge is 0.356 e. The summed E-state index contributed by atoms with van der Waals surface area (Å²) in [6.07, 6.45) is 5.10. The number of hydrogen-bond acceptors (Lipinski definition) is 5. The molecule has 1 aromatic heterocycles. The Labute approximate surface area is 106 Å². The van der Waals surface area contributed by atoms with Gasteiger partial charge in [0.2, 0.25) is 0 Å². The van der Waals surface area contributed by atoms with E-state index in [1.165, 1.54) is 13.5 Å². The van der Waals surface area contributed by atoms with Gasteiger partial charge >= 0.3 is 5.97 Å². The molecule has 0 saturated heterocycles. The molecule has 98 valence electrons. The van der Waals surface area contributed by atoms with Crippen LogP contribution < -0.4 is 4.90 Å². The van der Waals surface area contributed by atoms with E-state index in [4.69, 9.17) is 5.11 Å². The average Bonchev–Trinajstić information content (AvgIpc) is 2.35. The van der Waals surface area contributed by atoms with E-state index in [1.807, 2.05) is 6.07 Å². The Morgan fingerprint density at radius 2 is 2.39 bits per heavy atom. The van der Waals surface area contributed by atoms with E-state index in [1.54, 1.807) is 12.3 Å². The summed E-state index contributed by atoms with van der Waals surface area (Å²) < 4.78 is 4.66. The van der Waals surface area contributed by atoms with Crippen molar-refractivity contribution in [2.75, 3.05) is 25.2 Å². The Morgan fingerprint density at radius 3 is 2.94 bits per heavy atom. The van der Waals surface area contributed by atoms with Crippen LogP contribution in [0.5, 0.6) is 0 Å². The molecule has 1 aliphatic carbocycles. The van der Waals surface area contributed by atoms with Gasteiger partial charge in [0.15, 0.2) is 0 Å². The summed E-state index contributed by atoms with van der Waals surface area (Å²) >= 11 is 0. The molecule has 1 N–H and O–H groups in total. The largest absolute Gasteiger partial charge is 0.464 e. The number of aliphatic hydroxyl groups is 1. The Balaban J connectivity index is 2.21. The van der Waals surface area contributed by atoms with Crippen LogP contribution in [0.25, 0.3) is 0 Å². The molecule has 0 aromatic carbocycles. The zero-order valence-corrected chi connectivity index (χ0v) is 10.5. The predicted octanol–water partition coefficient (Wildman–Crippen LogP) is 1.22. The summed E-state index contributed by atoms with van der Waals surface area (Å²) in [6, 6.07) is 4.05. The first-order chi connectivity index (χ1) is 8.76. The number of carbonyl (C=O) groups is 1. The van der Waals surface area contributed by atoms with Crippen LogP contribution in [0.2, 0.25) is 0 Å². The second kappa shape index (κ2) is 5.82. The lowest BCUT2D eigenvalue weighted by Crippen LogP contribution is -2.42. The number of methoxy groups -OCH3 is 1. The highest BCUT2D eigenvalue weighted by atomic mass is 16.5. The number of ether oxygens (including phenoxy) is 1. The SMILES string of the molecule is COC(=O)c1cc(N(CCO)C2CCC2)ccn1. The maximum Gasteiger partial charge on any atom is 0.356 e. The van der Waals surface area contributed by atoms with Crippen LogP contribution in [0.3, 0.4) is 0 Å². The molecule has 0 unspecified atom stereocenters. The van der Waals surface area contributed by atoms with E-state index in [0.29, 0.717) is 18.3 Å². The number of nitrogens with zero attached hydrogens (tertiary/aromatic N) is 2. The highest BCUT2D eigenvalue weighted by Crippen LogP contribution is 2.29. The van der Waals surface area contributed by atoms with Crippen molar-refractivity contribution in [3.05, 3.63) is 24.0 Å². The van der Waals surface area contributed by atoms with Crippen molar-refractivity contribution in [1.29, 1.82) is 0 Å². The van der Waals surface area contributed by atoms with E-state index in [9.17, 15) is 4.79 Å². The Morgan fingerprint density at radius 1 is 1.61 bits per heavy atom. The Kier molecular flexibility index (Phi) is 4.15. The summed E-state index contributed by atoms with van der Waals surface area (Å²) in [4.78, 5) is 17.6. The minimum absolute atomic E-state index is 0.104. The maximum atomic E-state index is 11.4. The number of anilines is 1. The molecule has 0 radical (unpaired) electrons. The first kappa shape index (κ1) is 12.8. The van der Waals surface area contributed by atoms with Gasteiger partial charge in [0.1, 0.15) is 5.69 Å². The van der Waals surface area contributed by atoms with E-state index in [-0.39, 0.29) is 6.61 Å². The van der Waals surface area contributed by atoms with Gasteiger partial charge in [-0.05, 0) is 31.4 Å². The van der Waals surface area contributed by atoms with Crippen molar-refractivity contribution in [3.8, 4) is 0 Å². The molecule has 1 saturated carbocycles. The molecule has 1 aliphatic rings. The second-order valence-corrected chi connectivity index (χ2v) is 4.39. The van der Waals surface area contributed by atoms with E-state index >= 15 is 0 Å². The molecule has 1 fully saturated rings. The molecular weight excluding hydrogens is 232 g/mol. The van der Waals surface area contributed by atoms with Crippen LogP contribution in [-0.4, -0.2) is 42.4 Å². The first-order valence-electron chi connectivity index (χ1n) is 6.18. The van der Waals surface area contributed by atoms with Gasteiger partial charge < -0.3 is 14.7 Å². The molecular formula is C13H18N2O3. The van der Waals surface area contributed by atoms with Gasteiger partial charge in [-0.2, -0.15) is 0 Å². The zero-order chi connectivity index (χ0) is 13.0. The highest BCUT2D eigenvalue weighted by Gasteiger charge is 2.25. The van der Waals surface area contributed by atoms with E-state index in [2.05, 4.69) is 14.6 Å². The number of hydrogen-bond donors (Lipinski definition) is 1. The van der Waals surface area contributed by atoms with Crippen LogP contribution in [-0.2, 0) is 4.74 Å². The lowest BCUT2D eigenvalue weighted by atomic mass is 9.91. The van der Waals surface area contributed by atoms with Crippen LogP contribution >= 0.6 is 0 Å². The molecule has 0 spiro atoms. The molecule has 0 bridgehead atoms. The monoisotopic (exact) mass is 250 g/mol. The number of aromatic nitrogens is 1. The first-order valence-corrected chi connectivity index (χ1v) is 6.18. The van der Waals surface area contributed by atoms with Crippen LogP contribution in [0, 0.1) is 0 Å². The third-order valence-corrected chi connectivity index (χ3v) is 3.33. The van der Waals surface area contributed by atoms with Crippen molar-refractivity contribution >= 4 is 11.7 Å². The molecule has 0 aliphatic heterocycles. The second-order valence-electron chi connectivity index (χ2n) is 4.39. The quantitative estimate of drug-likeness (QED) is 0.796. The van der Waals surface area contributed by atoms with E-state index < -0.39 is 5.97 Å². The highest BCUT2D eigenvalue weighted by molar-refractivity contribution is 5.88. The minimum atomic E-state index is -0.436. The fraction of sp³-hybridized carbons (Fsp3) is 0.538. The van der Waals surface area contributed by atoms with Gasteiger partial charge in [-0.3, -0.25) is 0 Å². The normalized spacial score (nSPS) is 15.0. The molecule has 18 heavy (non-hydrogen) atoms. The minimum Gasteiger partial charge on any atom is -0.464 e. The predicted molar refractivity (Wildman–Crippen MR) is 67.6 cm³/mol. The van der Waals surface area contributed by atoms with Gasteiger partial charge in [0.05, 0.1) is 13.7 Å². The van der Waals surface area contributed by atoms with Gasteiger partial charge in [-0.25, -0.2) is 9.78 Å². The van der Waals surface area contributed by atoms with Gasteiger partial charge in [0.25, 0.3) is 0 Å². The topological polar surface area (TPSA) is 62.7 Å². The summed E-state index contributed by atoms with van der Waals surface area (Å²) in [5.41, 5.74) is 1.22. The lowest BCUT2D eigenvalue weighted by Gasteiger charge is -2.39. The molecule has 2 rings (SSSR count). The van der Waals surface area contributed by atoms with Crippen molar-refractivity contribution in [1.82, 2.24) is 4.98 Å². The molecule has 0 amide bonds. The van der Waals surface area contributed by atoms with Crippen molar-refractivity contribution in [2.45, 2.75) is 25.3 Å². The summed E-state index contributed by atoms with van der Waals surface area (Å²) in [5.74, 6) is -0.436. The fourth-order valence-corrected chi connectivity index (χ4v) is 2.14. The summed E-state index contributed by atoms with van der Waals surface area (Å²) in [6.45, 7) is 0.682. The maximum absolute atomic E-state index is 11.4.